The van der Waals surface area contributed by atoms with Crippen LogP contribution in [0.3, 0.4) is 0 Å². The van der Waals surface area contributed by atoms with E-state index >= 15 is 0 Å². The van der Waals surface area contributed by atoms with Gasteiger partial charge in [0, 0.05) is 33.5 Å². The van der Waals surface area contributed by atoms with E-state index in [1.165, 1.54) is 41.5 Å². The SMILES string of the molecule is [2H]c1c([2H])c([2H])c(-c2ccc3c(c2)c2cc(N(c4ccccc4)c4ccccc4)ccc2n3-c2ccc([Si]3(c4ccccc4)c4ccccc4[Si](c4ccccc4)(c4ccccc4)c4ccccc43)cc2)c([2H])c1[2H]. The summed E-state index contributed by atoms with van der Waals surface area (Å²) in [5.41, 5.74) is 6.60. The van der Waals surface area contributed by atoms with Crippen molar-refractivity contribution < 1.29 is 6.85 Å². The van der Waals surface area contributed by atoms with E-state index < -0.39 is 22.2 Å². The molecule has 2 nitrogen and oxygen atoms in total. The molecule has 0 unspecified atom stereocenters. The van der Waals surface area contributed by atoms with E-state index in [9.17, 15) is 0 Å². The van der Waals surface area contributed by atoms with Gasteiger partial charge in [-0.2, -0.15) is 0 Å². The van der Waals surface area contributed by atoms with Crippen molar-refractivity contribution in [3.63, 3.8) is 0 Å². The standard InChI is InChI=1S/C66H48N2Si2/c1-7-23-49(24-8-1)50-39-45-61-59(47-50)60-48-54(67(51-25-9-2-10-26-51)52-27-11-3-12-28-52)42-46-62(60)68(61)53-40-43-58(44-41-53)70(57-33-17-6-18-34-57)65-37-21-19-35-63(65)69(55-29-13-4-14-30-55,56-31-15-5-16-32-56)64-36-20-22-38-66(64)70/h1-48H/i1D,7D,8D,23D,24D. The maximum absolute atomic E-state index is 8.97. The third kappa shape index (κ3) is 6.45. The molecule has 1 aliphatic heterocycles. The minimum Gasteiger partial charge on any atom is -0.310 e. The minimum absolute atomic E-state index is 0.176. The van der Waals surface area contributed by atoms with Gasteiger partial charge in [0.2, 0.25) is 0 Å². The summed E-state index contributed by atoms with van der Waals surface area (Å²) in [5.74, 6) is 0. The number of anilines is 3. The van der Waals surface area contributed by atoms with E-state index in [0.29, 0.717) is 5.56 Å². The molecule has 0 spiro atoms. The summed E-state index contributed by atoms with van der Waals surface area (Å²) in [6.07, 6.45) is 0. The molecule has 13 rings (SSSR count). The molecule has 11 aromatic carbocycles. The van der Waals surface area contributed by atoms with Crippen LogP contribution >= 0.6 is 0 Å². The van der Waals surface area contributed by atoms with Crippen molar-refractivity contribution in [1.29, 1.82) is 0 Å². The van der Waals surface area contributed by atoms with Crippen LogP contribution in [0, 0.1) is 0 Å². The van der Waals surface area contributed by atoms with Gasteiger partial charge < -0.3 is 9.47 Å². The zero-order valence-electron chi connectivity index (χ0n) is 43.2. The van der Waals surface area contributed by atoms with Gasteiger partial charge in [-0.1, -0.05) is 224 Å². The fourth-order valence-corrected chi connectivity index (χ4v) is 23.7. The summed E-state index contributed by atoms with van der Waals surface area (Å²) in [4.78, 5) is 2.25. The second kappa shape index (κ2) is 17.2. The molecule has 330 valence electrons. The number of fused-ring (bicyclic) bond motifs is 5. The Balaban J connectivity index is 1.06. The van der Waals surface area contributed by atoms with Crippen LogP contribution in [0.4, 0.5) is 17.1 Å². The van der Waals surface area contributed by atoms with Crippen LogP contribution in [-0.2, 0) is 0 Å². The monoisotopic (exact) mass is 929 g/mol. The van der Waals surface area contributed by atoms with E-state index in [4.69, 9.17) is 6.85 Å². The maximum atomic E-state index is 8.97. The average molecular weight is 930 g/mol. The zero-order valence-corrected chi connectivity index (χ0v) is 40.2. The predicted octanol–water partition coefficient (Wildman–Crippen LogP) is 11.0. The first-order chi connectivity index (χ1) is 36.8. The van der Waals surface area contributed by atoms with Gasteiger partial charge in [0.05, 0.1) is 17.9 Å². The molecule has 0 bridgehead atoms. The lowest BCUT2D eigenvalue weighted by Crippen LogP contribution is -2.93. The molecule has 70 heavy (non-hydrogen) atoms. The fourth-order valence-electron chi connectivity index (χ4n) is 11.6. The minimum atomic E-state index is -3.06. The third-order valence-electron chi connectivity index (χ3n) is 14.5. The Morgan fingerprint density at radius 2 is 0.700 bits per heavy atom. The molecule has 1 aliphatic rings. The van der Waals surface area contributed by atoms with Crippen molar-refractivity contribution in [2.45, 2.75) is 0 Å². The van der Waals surface area contributed by atoms with Crippen LogP contribution in [0.2, 0.25) is 0 Å². The van der Waals surface area contributed by atoms with Crippen molar-refractivity contribution in [2.24, 2.45) is 0 Å². The highest BCUT2D eigenvalue weighted by Crippen LogP contribution is 2.40. The Kier molecular flexibility index (Phi) is 8.97. The molecule has 12 aromatic rings. The van der Waals surface area contributed by atoms with E-state index in [2.05, 4.69) is 216 Å². The first-order valence-electron chi connectivity index (χ1n) is 26.3. The Morgan fingerprint density at radius 1 is 0.314 bits per heavy atom. The van der Waals surface area contributed by atoms with Crippen LogP contribution < -0.4 is 46.4 Å². The van der Waals surface area contributed by atoms with Crippen molar-refractivity contribution in [2.75, 3.05) is 4.90 Å². The fraction of sp³-hybridized carbons (Fsp3) is 0. The average Bonchev–Trinajstić information content (AvgIpc) is 3.82. The van der Waals surface area contributed by atoms with Gasteiger partial charge in [0.15, 0.2) is 16.1 Å². The Hall–Kier alpha value is -8.55. The number of hydrogen-bond acceptors (Lipinski definition) is 1. The summed E-state index contributed by atoms with van der Waals surface area (Å²) in [6, 6.07) is 93.2. The molecule has 0 fully saturated rings. The summed E-state index contributed by atoms with van der Waals surface area (Å²) in [7, 11) is -5.93. The number of hydrogen-bond donors (Lipinski definition) is 0. The van der Waals surface area contributed by atoms with Crippen LogP contribution in [0.25, 0.3) is 38.6 Å². The largest absolute Gasteiger partial charge is 0.310 e. The second-order valence-electron chi connectivity index (χ2n) is 18.0. The van der Waals surface area contributed by atoms with Crippen molar-refractivity contribution in [3.05, 3.63) is 291 Å². The lowest BCUT2D eigenvalue weighted by molar-refractivity contribution is 1.18. The van der Waals surface area contributed by atoms with Crippen LogP contribution in [0.15, 0.2) is 291 Å². The van der Waals surface area contributed by atoms with Gasteiger partial charge in [-0.15, -0.1) is 0 Å². The van der Waals surface area contributed by atoms with Crippen molar-refractivity contribution in [3.8, 4) is 16.8 Å². The molecule has 0 aliphatic carbocycles. The van der Waals surface area contributed by atoms with Crippen LogP contribution in [-0.4, -0.2) is 20.7 Å². The summed E-state index contributed by atoms with van der Waals surface area (Å²) in [6.45, 7) is 0. The van der Waals surface area contributed by atoms with Gasteiger partial charge in [0.1, 0.15) is 0 Å². The molecule has 0 radical (unpaired) electrons. The number of para-hydroxylation sites is 2. The molecule has 2 heterocycles. The molecule has 0 saturated carbocycles. The van der Waals surface area contributed by atoms with Gasteiger partial charge >= 0.3 is 0 Å². The first kappa shape index (κ1) is 36.5. The van der Waals surface area contributed by atoms with Crippen molar-refractivity contribution >= 4 is 96.5 Å². The Morgan fingerprint density at radius 3 is 1.16 bits per heavy atom. The molecule has 0 atom stereocenters. The highest BCUT2D eigenvalue weighted by molar-refractivity contribution is 7.32. The van der Waals surface area contributed by atoms with E-state index in [-0.39, 0.29) is 29.7 Å². The molecular weight excluding hydrogens is 877 g/mol. The Labute approximate surface area is 418 Å². The van der Waals surface area contributed by atoms with E-state index in [1.807, 2.05) is 54.6 Å². The van der Waals surface area contributed by atoms with Gasteiger partial charge in [0.25, 0.3) is 0 Å². The highest BCUT2D eigenvalue weighted by Gasteiger charge is 2.56. The topological polar surface area (TPSA) is 8.17 Å². The highest BCUT2D eigenvalue weighted by atomic mass is 28.3. The smallest absolute Gasteiger partial charge is 0.179 e. The molecular formula is C66H48N2Si2. The number of aromatic nitrogens is 1. The number of benzene rings is 11. The maximum Gasteiger partial charge on any atom is 0.179 e. The normalized spacial score (nSPS) is 14.4. The summed E-state index contributed by atoms with van der Waals surface area (Å²) >= 11 is 0. The van der Waals surface area contributed by atoms with Crippen LogP contribution in [0.5, 0.6) is 0 Å². The third-order valence-corrected chi connectivity index (χ3v) is 24.7. The summed E-state index contributed by atoms with van der Waals surface area (Å²) < 4.78 is 45.7. The number of rotatable bonds is 9. The predicted molar refractivity (Wildman–Crippen MR) is 302 cm³/mol. The molecule has 1 aromatic heterocycles. The first-order valence-corrected chi connectivity index (χ1v) is 27.8. The van der Waals surface area contributed by atoms with Gasteiger partial charge in [-0.05, 0) is 119 Å². The quantitative estimate of drug-likeness (QED) is 0.131. The van der Waals surface area contributed by atoms with E-state index in [0.717, 1.165) is 44.6 Å². The van der Waals surface area contributed by atoms with Crippen LogP contribution in [0.1, 0.15) is 6.85 Å². The second-order valence-corrected chi connectivity index (χ2v) is 25.5. The molecule has 4 heteroatoms. The van der Waals surface area contributed by atoms with E-state index in [1.54, 1.807) is 0 Å². The number of nitrogens with zero attached hydrogens (tertiary/aromatic N) is 2. The lowest BCUT2D eigenvalue weighted by Gasteiger charge is -2.48. The zero-order chi connectivity index (χ0) is 50.8. The lowest BCUT2D eigenvalue weighted by atomic mass is 10.0. The van der Waals surface area contributed by atoms with Gasteiger partial charge in [-0.25, -0.2) is 0 Å². The molecule has 0 amide bonds. The molecule has 0 saturated heterocycles. The summed E-state index contributed by atoms with van der Waals surface area (Å²) in [5, 5.41) is 12.9. The molecule has 0 N–H and O–H groups in total. The van der Waals surface area contributed by atoms with Gasteiger partial charge in [-0.3, -0.25) is 0 Å². The van der Waals surface area contributed by atoms with Crippen molar-refractivity contribution in [1.82, 2.24) is 4.57 Å². The Bertz CT molecular complexity index is 3960.